The van der Waals surface area contributed by atoms with Crippen LogP contribution >= 0.6 is 15.9 Å². The van der Waals surface area contributed by atoms with Crippen LogP contribution in [0.25, 0.3) is 0 Å². The van der Waals surface area contributed by atoms with E-state index in [0.29, 0.717) is 5.92 Å². The van der Waals surface area contributed by atoms with Crippen LogP contribution in [-0.2, 0) is 4.79 Å². The second kappa shape index (κ2) is 7.45. The van der Waals surface area contributed by atoms with Crippen molar-refractivity contribution in [1.82, 2.24) is 0 Å². The molecule has 0 bridgehead atoms. The number of carbonyl (C=O) groups excluding carboxylic acids is 1. The molecule has 0 saturated heterocycles. The first kappa shape index (κ1) is 16.6. The maximum atomic E-state index is 12.0. The molecular formula is C18H21BrN2O. The predicted molar refractivity (Wildman–Crippen MR) is 96.5 cm³/mol. The van der Waals surface area contributed by atoms with Crippen molar-refractivity contribution in [3.8, 4) is 0 Å². The zero-order chi connectivity index (χ0) is 16.1. The monoisotopic (exact) mass is 360 g/mol. The van der Waals surface area contributed by atoms with E-state index in [1.54, 1.807) is 0 Å². The molecule has 0 radical (unpaired) electrons. The molecule has 2 N–H and O–H groups in total. The first-order chi connectivity index (χ1) is 10.5. The van der Waals surface area contributed by atoms with Gasteiger partial charge in [-0.3, -0.25) is 4.79 Å². The average Bonchev–Trinajstić information content (AvgIpc) is 2.49. The van der Waals surface area contributed by atoms with E-state index in [2.05, 4.69) is 40.4 Å². The Kier molecular flexibility index (Phi) is 5.61. The van der Waals surface area contributed by atoms with E-state index in [9.17, 15) is 4.79 Å². The molecule has 4 heteroatoms. The molecule has 0 aliphatic rings. The van der Waals surface area contributed by atoms with Crippen molar-refractivity contribution in [1.29, 1.82) is 0 Å². The summed E-state index contributed by atoms with van der Waals surface area (Å²) >= 11 is 3.46. The van der Waals surface area contributed by atoms with Gasteiger partial charge >= 0.3 is 0 Å². The smallest absolute Gasteiger partial charge is 0.243 e. The lowest BCUT2D eigenvalue weighted by atomic mass is 10.0. The van der Waals surface area contributed by atoms with Crippen LogP contribution in [0.15, 0.2) is 46.9 Å². The maximum absolute atomic E-state index is 12.0. The van der Waals surface area contributed by atoms with E-state index in [1.807, 2.05) is 49.4 Å². The summed E-state index contributed by atoms with van der Waals surface area (Å²) in [4.78, 5) is 12.0. The summed E-state index contributed by atoms with van der Waals surface area (Å²) in [6.07, 6.45) is 0. The van der Waals surface area contributed by atoms with Crippen LogP contribution in [0.4, 0.5) is 11.4 Å². The Morgan fingerprint density at radius 3 is 2.32 bits per heavy atom. The zero-order valence-electron chi connectivity index (χ0n) is 13.1. The van der Waals surface area contributed by atoms with Gasteiger partial charge in [-0.2, -0.15) is 0 Å². The average molecular weight is 361 g/mol. The first-order valence-corrected chi connectivity index (χ1v) is 8.15. The van der Waals surface area contributed by atoms with E-state index in [0.717, 1.165) is 21.4 Å². The molecule has 116 valence electrons. The lowest BCUT2D eigenvalue weighted by molar-refractivity contribution is -0.114. The van der Waals surface area contributed by atoms with Crippen LogP contribution in [-0.4, -0.2) is 12.5 Å². The molecule has 22 heavy (non-hydrogen) atoms. The van der Waals surface area contributed by atoms with E-state index in [4.69, 9.17) is 0 Å². The van der Waals surface area contributed by atoms with Crippen LogP contribution in [0, 0.1) is 6.92 Å². The number of benzene rings is 2. The number of hydrogen-bond acceptors (Lipinski definition) is 2. The van der Waals surface area contributed by atoms with Crippen molar-refractivity contribution >= 4 is 33.2 Å². The van der Waals surface area contributed by atoms with Gasteiger partial charge in [0.25, 0.3) is 0 Å². The van der Waals surface area contributed by atoms with E-state index in [1.165, 1.54) is 5.56 Å². The highest BCUT2D eigenvalue weighted by atomic mass is 79.9. The molecule has 0 spiro atoms. The highest BCUT2D eigenvalue weighted by Gasteiger charge is 2.04. The fourth-order valence-electron chi connectivity index (χ4n) is 2.09. The van der Waals surface area contributed by atoms with Gasteiger partial charge in [0.1, 0.15) is 0 Å². The normalized spacial score (nSPS) is 10.6. The number of rotatable bonds is 5. The molecular weight excluding hydrogens is 340 g/mol. The van der Waals surface area contributed by atoms with Gasteiger partial charge < -0.3 is 10.6 Å². The Morgan fingerprint density at radius 2 is 1.73 bits per heavy atom. The molecule has 0 aliphatic carbocycles. The third kappa shape index (κ3) is 4.60. The molecule has 0 atom stereocenters. The van der Waals surface area contributed by atoms with Crippen molar-refractivity contribution in [3.63, 3.8) is 0 Å². The molecule has 3 nitrogen and oxygen atoms in total. The third-order valence-electron chi connectivity index (χ3n) is 3.47. The molecule has 2 rings (SSSR count). The minimum Gasteiger partial charge on any atom is -0.376 e. The first-order valence-electron chi connectivity index (χ1n) is 7.35. The highest BCUT2D eigenvalue weighted by Crippen LogP contribution is 2.20. The van der Waals surface area contributed by atoms with Gasteiger partial charge in [-0.25, -0.2) is 0 Å². The lowest BCUT2D eigenvalue weighted by Gasteiger charge is -2.10. The predicted octanol–water partition coefficient (Wildman–Crippen LogP) is 4.93. The third-order valence-corrected chi connectivity index (χ3v) is 4.36. The van der Waals surface area contributed by atoms with E-state index < -0.39 is 0 Å². The topological polar surface area (TPSA) is 41.1 Å². The zero-order valence-corrected chi connectivity index (χ0v) is 14.7. The molecule has 0 heterocycles. The van der Waals surface area contributed by atoms with Crippen molar-refractivity contribution < 1.29 is 4.79 Å². The Hall–Kier alpha value is -1.81. The molecule has 0 aromatic heterocycles. The fraction of sp³-hybridized carbons (Fsp3) is 0.278. The summed E-state index contributed by atoms with van der Waals surface area (Å²) in [5.74, 6) is 0.435. The standard InChI is InChI=1S/C18H21BrN2O/c1-12(2)14-4-6-15(7-5-14)21-18(22)11-20-16-8-9-17(19)13(3)10-16/h4-10,12,20H,11H2,1-3H3,(H,21,22). The van der Waals surface area contributed by atoms with Gasteiger partial charge in [0.05, 0.1) is 6.54 Å². The van der Waals surface area contributed by atoms with Gasteiger partial charge in [-0.05, 0) is 54.3 Å². The van der Waals surface area contributed by atoms with Crippen LogP contribution in [0.3, 0.4) is 0 Å². The second-order valence-electron chi connectivity index (χ2n) is 5.64. The number of carbonyl (C=O) groups is 1. The molecule has 0 unspecified atom stereocenters. The second-order valence-corrected chi connectivity index (χ2v) is 6.50. The number of hydrogen-bond donors (Lipinski definition) is 2. The summed E-state index contributed by atoms with van der Waals surface area (Å²) in [7, 11) is 0. The summed E-state index contributed by atoms with van der Waals surface area (Å²) in [6.45, 7) is 6.56. The van der Waals surface area contributed by atoms with Crippen molar-refractivity contribution in [2.45, 2.75) is 26.7 Å². The molecule has 2 aromatic carbocycles. The largest absolute Gasteiger partial charge is 0.376 e. The van der Waals surface area contributed by atoms with Gasteiger partial charge in [0, 0.05) is 15.8 Å². The lowest BCUT2D eigenvalue weighted by Crippen LogP contribution is -2.21. The number of aryl methyl sites for hydroxylation is 1. The molecule has 1 amide bonds. The van der Waals surface area contributed by atoms with Crippen LogP contribution < -0.4 is 10.6 Å². The van der Waals surface area contributed by atoms with Crippen LogP contribution in [0.2, 0.25) is 0 Å². The van der Waals surface area contributed by atoms with Crippen LogP contribution in [0.1, 0.15) is 30.9 Å². The summed E-state index contributed by atoms with van der Waals surface area (Å²) in [6, 6.07) is 13.9. The van der Waals surface area contributed by atoms with E-state index in [-0.39, 0.29) is 12.5 Å². The van der Waals surface area contributed by atoms with Gasteiger partial charge in [0.2, 0.25) is 5.91 Å². The van der Waals surface area contributed by atoms with E-state index >= 15 is 0 Å². The summed E-state index contributed by atoms with van der Waals surface area (Å²) in [5, 5.41) is 6.02. The van der Waals surface area contributed by atoms with Crippen molar-refractivity contribution in [3.05, 3.63) is 58.1 Å². The summed E-state index contributed by atoms with van der Waals surface area (Å²) < 4.78 is 1.06. The summed E-state index contributed by atoms with van der Waals surface area (Å²) in [5.41, 5.74) is 4.16. The highest BCUT2D eigenvalue weighted by molar-refractivity contribution is 9.10. The van der Waals surface area contributed by atoms with Gasteiger partial charge in [-0.15, -0.1) is 0 Å². The Bertz CT molecular complexity index is 651. The van der Waals surface area contributed by atoms with Gasteiger partial charge in [-0.1, -0.05) is 41.9 Å². The molecule has 0 aliphatic heterocycles. The number of amides is 1. The van der Waals surface area contributed by atoms with Crippen molar-refractivity contribution in [2.24, 2.45) is 0 Å². The Balaban J connectivity index is 1.88. The quantitative estimate of drug-likeness (QED) is 0.793. The van der Waals surface area contributed by atoms with Gasteiger partial charge in [0.15, 0.2) is 0 Å². The Labute approximate surface area is 140 Å². The minimum atomic E-state index is -0.0575. The molecule has 0 saturated carbocycles. The minimum absolute atomic E-state index is 0.0575. The number of halogens is 1. The number of nitrogens with one attached hydrogen (secondary N) is 2. The Morgan fingerprint density at radius 1 is 1.09 bits per heavy atom. The SMILES string of the molecule is Cc1cc(NCC(=O)Nc2ccc(C(C)C)cc2)ccc1Br. The van der Waals surface area contributed by atoms with Crippen molar-refractivity contribution in [2.75, 3.05) is 17.2 Å². The maximum Gasteiger partial charge on any atom is 0.243 e. The number of anilines is 2. The molecule has 2 aromatic rings. The van der Waals surface area contributed by atoms with Crippen LogP contribution in [0.5, 0.6) is 0 Å². The molecule has 0 fully saturated rings. The fourth-order valence-corrected chi connectivity index (χ4v) is 2.34.